The van der Waals surface area contributed by atoms with Crippen LogP contribution in [-0.4, -0.2) is 38.1 Å². The summed E-state index contributed by atoms with van der Waals surface area (Å²) in [7, 11) is 0. The molecule has 0 atom stereocenters. The molecule has 0 aliphatic carbocycles. The highest BCUT2D eigenvalue weighted by atomic mass is 79.9. The van der Waals surface area contributed by atoms with E-state index in [4.69, 9.17) is 0 Å². The van der Waals surface area contributed by atoms with E-state index in [0.29, 0.717) is 15.6 Å². The Labute approximate surface area is 158 Å². The van der Waals surface area contributed by atoms with Gasteiger partial charge in [0.1, 0.15) is 0 Å². The molecule has 0 radical (unpaired) electrons. The van der Waals surface area contributed by atoms with Crippen LogP contribution in [0.15, 0.2) is 26.5 Å². The SMILES string of the molecule is CC(C)N=C1S/C(=C/c2cc(Br)c(O)c([N+](=O)[O-])c2)C(=O)N1C(C)C. The molecule has 0 unspecified atom stereocenters. The Kier molecular flexibility index (Phi) is 5.89. The minimum atomic E-state index is -0.669. The van der Waals surface area contributed by atoms with Crippen LogP contribution in [0.25, 0.3) is 6.08 Å². The van der Waals surface area contributed by atoms with Crippen LogP contribution in [0.5, 0.6) is 5.75 Å². The molecule has 1 aromatic carbocycles. The maximum absolute atomic E-state index is 12.7. The lowest BCUT2D eigenvalue weighted by molar-refractivity contribution is -0.386. The Balaban J connectivity index is 2.48. The van der Waals surface area contributed by atoms with Gasteiger partial charge in [-0.05, 0) is 73.1 Å². The van der Waals surface area contributed by atoms with Gasteiger partial charge in [0.15, 0.2) is 5.17 Å². The molecule has 1 saturated heterocycles. The highest BCUT2D eigenvalue weighted by Gasteiger charge is 2.35. The zero-order valence-corrected chi connectivity index (χ0v) is 16.6. The van der Waals surface area contributed by atoms with Crippen molar-refractivity contribution >= 4 is 50.5 Å². The van der Waals surface area contributed by atoms with Crippen molar-refractivity contribution in [3.05, 3.63) is 37.2 Å². The van der Waals surface area contributed by atoms with Gasteiger partial charge in [0, 0.05) is 18.2 Å². The van der Waals surface area contributed by atoms with Crippen molar-refractivity contribution in [3.8, 4) is 5.75 Å². The zero-order valence-electron chi connectivity index (χ0n) is 14.2. The van der Waals surface area contributed by atoms with Gasteiger partial charge < -0.3 is 5.11 Å². The lowest BCUT2D eigenvalue weighted by Crippen LogP contribution is -2.35. The fourth-order valence-electron chi connectivity index (χ4n) is 2.23. The summed E-state index contributed by atoms with van der Waals surface area (Å²) in [5, 5.41) is 21.4. The number of amidine groups is 1. The molecule has 2 rings (SSSR count). The highest BCUT2D eigenvalue weighted by molar-refractivity contribution is 9.10. The van der Waals surface area contributed by atoms with E-state index in [9.17, 15) is 20.0 Å². The van der Waals surface area contributed by atoms with Crippen molar-refractivity contribution in [1.29, 1.82) is 0 Å². The average Bonchev–Trinajstić information content (AvgIpc) is 2.77. The summed E-state index contributed by atoms with van der Waals surface area (Å²) in [6.07, 6.45) is 1.57. The van der Waals surface area contributed by atoms with Crippen LogP contribution < -0.4 is 0 Å². The Morgan fingerprint density at radius 3 is 2.52 bits per heavy atom. The minimum absolute atomic E-state index is 0.0415. The third kappa shape index (κ3) is 4.21. The van der Waals surface area contributed by atoms with E-state index in [1.807, 2.05) is 27.7 Å². The monoisotopic (exact) mass is 427 g/mol. The molecule has 0 spiro atoms. The van der Waals surface area contributed by atoms with Gasteiger partial charge >= 0.3 is 5.69 Å². The summed E-state index contributed by atoms with van der Waals surface area (Å²) in [5.41, 5.74) is 0.0233. The maximum atomic E-state index is 12.7. The number of nitro benzene ring substituents is 1. The first-order valence-corrected chi connectivity index (χ1v) is 9.20. The zero-order chi connectivity index (χ0) is 18.9. The van der Waals surface area contributed by atoms with Crippen molar-refractivity contribution < 1.29 is 14.8 Å². The van der Waals surface area contributed by atoms with E-state index in [-0.39, 0.29) is 22.5 Å². The largest absolute Gasteiger partial charge is 0.501 e. The predicted octanol–water partition coefficient (Wildman–Crippen LogP) is 4.15. The Hall–Kier alpha value is -1.87. The Morgan fingerprint density at radius 2 is 2.00 bits per heavy atom. The number of hydrogen-bond acceptors (Lipinski definition) is 6. The fourth-order valence-corrected chi connectivity index (χ4v) is 3.93. The van der Waals surface area contributed by atoms with Gasteiger partial charge in [-0.3, -0.25) is 24.8 Å². The van der Waals surface area contributed by atoms with E-state index < -0.39 is 16.4 Å². The fraction of sp³-hybridized carbons (Fsp3) is 0.375. The molecule has 9 heteroatoms. The van der Waals surface area contributed by atoms with Crippen LogP contribution in [0.1, 0.15) is 33.3 Å². The third-order valence-electron chi connectivity index (χ3n) is 3.28. The molecule has 1 amide bonds. The number of nitro groups is 1. The topological polar surface area (TPSA) is 96.0 Å². The first-order valence-electron chi connectivity index (χ1n) is 7.59. The van der Waals surface area contributed by atoms with E-state index in [0.717, 1.165) is 0 Å². The van der Waals surface area contributed by atoms with E-state index in [1.54, 1.807) is 11.0 Å². The van der Waals surface area contributed by atoms with Crippen LogP contribution in [0.3, 0.4) is 0 Å². The number of halogens is 1. The smallest absolute Gasteiger partial charge is 0.312 e. The van der Waals surface area contributed by atoms with Gasteiger partial charge in [-0.15, -0.1) is 0 Å². The van der Waals surface area contributed by atoms with Crippen LogP contribution in [0.2, 0.25) is 0 Å². The molecule has 25 heavy (non-hydrogen) atoms. The molecule has 1 N–H and O–H groups in total. The molecule has 0 saturated carbocycles. The van der Waals surface area contributed by atoms with Gasteiger partial charge in [0.25, 0.3) is 5.91 Å². The van der Waals surface area contributed by atoms with Gasteiger partial charge in [-0.25, -0.2) is 0 Å². The standard InChI is InChI=1S/C16H18BrN3O4S/c1-8(2)18-16-19(9(3)4)15(22)13(25-16)7-10-5-11(17)14(21)12(6-10)20(23)24/h5-9,21H,1-4H3/b13-7+,18-16?. The van der Waals surface area contributed by atoms with Crippen LogP contribution in [0.4, 0.5) is 5.69 Å². The summed E-state index contributed by atoms with van der Waals surface area (Å²) < 4.78 is 0.195. The quantitative estimate of drug-likeness (QED) is 0.442. The molecule has 0 bridgehead atoms. The third-order valence-corrected chi connectivity index (χ3v) is 4.88. The number of phenolic OH excluding ortho intramolecular Hbond substituents is 1. The normalized spacial score (nSPS) is 18.2. The maximum Gasteiger partial charge on any atom is 0.312 e. The number of carbonyl (C=O) groups excluding carboxylic acids is 1. The number of carbonyl (C=O) groups is 1. The minimum Gasteiger partial charge on any atom is -0.501 e. The van der Waals surface area contributed by atoms with Crippen molar-refractivity contribution in [2.45, 2.75) is 39.8 Å². The first kappa shape index (κ1) is 19.5. The van der Waals surface area contributed by atoms with E-state index >= 15 is 0 Å². The second-order valence-corrected chi connectivity index (χ2v) is 7.88. The summed E-state index contributed by atoms with van der Waals surface area (Å²) in [4.78, 5) is 29.6. The number of thioether (sulfide) groups is 1. The van der Waals surface area contributed by atoms with Crippen LogP contribution in [-0.2, 0) is 4.79 Å². The lowest BCUT2D eigenvalue weighted by Gasteiger charge is -2.20. The molecule has 1 aromatic rings. The highest BCUT2D eigenvalue weighted by Crippen LogP contribution is 2.38. The van der Waals surface area contributed by atoms with Crippen molar-refractivity contribution in [2.24, 2.45) is 4.99 Å². The molecular weight excluding hydrogens is 410 g/mol. The number of phenols is 1. The average molecular weight is 428 g/mol. The Bertz CT molecular complexity index is 790. The molecule has 1 aliphatic rings. The second kappa shape index (κ2) is 7.57. The molecule has 1 fully saturated rings. The Morgan fingerprint density at radius 1 is 1.36 bits per heavy atom. The number of nitrogens with zero attached hydrogens (tertiary/aromatic N) is 3. The number of amides is 1. The van der Waals surface area contributed by atoms with Gasteiger partial charge in [0.2, 0.25) is 5.75 Å². The van der Waals surface area contributed by atoms with E-state index in [1.165, 1.54) is 23.9 Å². The van der Waals surface area contributed by atoms with Gasteiger partial charge in [-0.1, -0.05) is 0 Å². The number of aromatic hydroxyl groups is 1. The number of aliphatic imine (C=N–C) groups is 1. The number of benzene rings is 1. The van der Waals surface area contributed by atoms with Crippen LogP contribution >= 0.6 is 27.7 Å². The predicted molar refractivity (Wildman–Crippen MR) is 103 cm³/mol. The molecule has 134 valence electrons. The summed E-state index contributed by atoms with van der Waals surface area (Å²) in [5.74, 6) is -0.630. The number of hydrogen-bond donors (Lipinski definition) is 1. The summed E-state index contributed by atoms with van der Waals surface area (Å²) in [6.45, 7) is 7.66. The van der Waals surface area contributed by atoms with Crippen molar-refractivity contribution in [1.82, 2.24) is 4.90 Å². The number of rotatable bonds is 4. The summed E-state index contributed by atoms with van der Waals surface area (Å²) >= 11 is 4.34. The molecule has 0 aromatic heterocycles. The van der Waals surface area contributed by atoms with Crippen LogP contribution in [0, 0.1) is 10.1 Å². The molecule has 1 heterocycles. The lowest BCUT2D eigenvalue weighted by atomic mass is 10.1. The second-order valence-electron chi connectivity index (χ2n) is 6.01. The van der Waals surface area contributed by atoms with Crippen molar-refractivity contribution in [3.63, 3.8) is 0 Å². The van der Waals surface area contributed by atoms with Gasteiger partial charge in [0.05, 0.1) is 14.3 Å². The van der Waals surface area contributed by atoms with Gasteiger partial charge in [-0.2, -0.15) is 0 Å². The van der Waals surface area contributed by atoms with Crippen molar-refractivity contribution in [2.75, 3.05) is 0 Å². The summed E-state index contributed by atoms with van der Waals surface area (Å²) in [6, 6.07) is 2.75. The molecule has 1 aliphatic heterocycles. The molecular formula is C16H18BrN3O4S. The molecule has 7 nitrogen and oxygen atoms in total. The van der Waals surface area contributed by atoms with E-state index in [2.05, 4.69) is 20.9 Å². The first-order chi connectivity index (χ1) is 11.6.